The van der Waals surface area contributed by atoms with Crippen molar-refractivity contribution in [3.05, 3.63) is 34.9 Å². The van der Waals surface area contributed by atoms with E-state index in [1.54, 1.807) is 0 Å². The second-order valence-electron chi connectivity index (χ2n) is 8.64. The van der Waals surface area contributed by atoms with Crippen LogP contribution in [-0.4, -0.2) is 45.1 Å². The van der Waals surface area contributed by atoms with Crippen LogP contribution in [0.2, 0.25) is 0 Å². The fraction of sp³-hybridized carbons (Fsp3) is 0.696. The number of rotatable bonds is 13. The molecule has 1 fully saturated rings. The number of aliphatic carboxylic acids is 1. The highest BCUT2D eigenvalue weighted by atomic mass is 32.3. The lowest BCUT2D eigenvalue weighted by atomic mass is 9.91. The van der Waals surface area contributed by atoms with E-state index in [0.717, 1.165) is 37.4 Å². The molecule has 1 aliphatic rings. The summed E-state index contributed by atoms with van der Waals surface area (Å²) in [4.78, 5) is 11.6. The van der Waals surface area contributed by atoms with Crippen LogP contribution in [0.3, 0.4) is 0 Å². The third kappa shape index (κ3) is 8.94. The van der Waals surface area contributed by atoms with Crippen molar-refractivity contribution in [2.24, 2.45) is 5.92 Å². The van der Waals surface area contributed by atoms with Gasteiger partial charge >= 0.3 is 5.97 Å². The maximum absolute atomic E-state index is 11.6. The number of carbonyl (C=O) groups is 1. The van der Waals surface area contributed by atoms with Gasteiger partial charge in [0, 0.05) is 6.42 Å². The van der Waals surface area contributed by atoms with Crippen LogP contribution in [0.4, 0.5) is 0 Å². The van der Waals surface area contributed by atoms with Gasteiger partial charge in [-0.15, -0.1) is 10.8 Å². The molecule has 0 aromatic heterocycles. The first-order chi connectivity index (χ1) is 14.3. The molecule has 0 unspecified atom stereocenters. The summed E-state index contributed by atoms with van der Waals surface area (Å²) < 4.78 is 22.8. The molecule has 1 aromatic rings. The zero-order valence-electron chi connectivity index (χ0n) is 18.5. The third-order valence-electron chi connectivity index (χ3n) is 6.03. The molecule has 30 heavy (non-hydrogen) atoms. The van der Waals surface area contributed by atoms with Crippen molar-refractivity contribution >= 4 is 16.7 Å². The zero-order chi connectivity index (χ0) is 22.0. The molecule has 1 aliphatic heterocycles. The molecule has 2 rings (SSSR count). The van der Waals surface area contributed by atoms with Gasteiger partial charge in [0.25, 0.3) is 0 Å². The molecule has 0 bridgehead atoms. The van der Waals surface area contributed by atoms with Crippen molar-refractivity contribution in [2.75, 3.05) is 18.8 Å². The normalized spacial score (nSPS) is 17.1. The van der Waals surface area contributed by atoms with E-state index < -0.39 is 22.8 Å². The molecular weight excluding hydrogens is 400 g/mol. The number of nitrogens with one attached hydrogen (secondary N) is 2. The third-order valence-corrected chi connectivity index (χ3v) is 7.55. The number of carboxylic acid groups (broad SMARTS) is 1. The molecule has 1 saturated heterocycles. The number of aryl methyl sites for hydroxylation is 2. The monoisotopic (exact) mass is 440 g/mol. The molecule has 0 radical (unpaired) electrons. The predicted octanol–water partition coefficient (Wildman–Crippen LogP) is 4.76. The van der Waals surface area contributed by atoms with Crippen molar-refractivity contribution in [3.8, 4) is 0 Å². The summed E-state index contributed by atoms with van der Waals surface area (Å²) in [7, 11) is -3.09. The Kier molecular flexibility index (Phi) is 10.6. The highest BCUT2D eigenvalue weighted by Gasteiger charge is 2.24. The van der Waals surface area contributed by atoms with Crippen LogP contribution in [0.5, 0.6) is 0 Å². The van der Waals surface area contributed by atoms with E-state index in [1.165, 1.54) is 43.2 Å². The first-order valence-electron chi connectivity index (χ1n) is 11.4. The first kappa shape index (κ1) is 25.1. The van der Waals surface area contributed by atoms with Crippen LogP contribution in [0, 0.1) is 12.8 Å². The largest absolute Gasteiger partial charge is 0.480 e. The molecule has 0 aliphatic carbocycles. The number of unbranched alkanes of at least 4 members (excludes halogenated alkanes) is 2. The van der Waals surface area contributed by atoms with Crippen LogP contribution in [0.15, 0.2) is 18.2 Å². The predicted molar refractivity (Wildman–Crippen MR) is 125 cm³/mol. The number of benzene rings is 1. The molecule has 1 heterocycles. The Labute approximate surface area is 183 Å². The van der Waals surface area contributed by atoms with Crippen LogP contribution < -0.4 is 10.0 Å². The molecule has 172 valence electrons. The first-order valence-corrected chi connectivity index (χ1v) is 13.1. The minimum Gasteiger partial charge on any atom is -0.480 e. The minimum absolute atomic E-state index is 0.183. The second-order valence-corrected chi connectivity index (χ2v) is 10.6. The van der Waals surface area contributed by atoms with Gasteiger partial charge in [-0.3, -0.25) is 13.9 Å². The van der Waals surface area contributed by atoms with Gasteiger partial charge in [0.05, 0.1) is 5.75 Å². The average molecular weight is 441 g/mol. The lowest BCUT2D eigenvalue weighted by molar-refractivity contribution is -0.139. The Bertz CT molecular complexity index is 663. The van der Waals surface area contributed by atoms with E-state index in [1.807, 2.05) is 19.1 Å². The molecule has 0 saturated carbocycles. The quantitative estimate of drug-likeness (QED) is 0.284. The standard InChI is InChI=1S/C23H40N2O4S/c1-3-4-15-30(28,29)25-22(23(26)27)17-20-9-10-21(18(2)16-20)8-6-5-7-19-11-13-24-14-12-19/h9-10,16,19,22,24-25,28-29H,3-8,11-15,17H2,1-2H3,(H,26,27)/t22-/m0/s1. The Morgan fingerprint density at radius 1 is 1.23 bits per heavy atom. The van der Waals surface area contributed by atoms with Gasteiger partial charge < -0.3 is 10.4 Å². The summed E-state index contributed by atoms with van der Waals surface area (Å²) in [6.45, 7) is 6.35. The van der Waals surface area contributed by atoms with Gasteiger partial charge in [-0.1, -0.05) is 44.4 Å². The minimum atomic E-state index is -3.09. The van der Waals surface area contributed by atoms with E-state index in [0.29, 0.717) is 6.42 Å². The lowest BCUT2D eigenvalue weighted by Crippen LogP contribution is -2.40. The molecule has 6 nitrogen and oxygen atoms in total. The topological polar surface area (TPSA) is 102 Å². The molecule has 0 amide bonds. The van der Waals surface area contributed by atoms with Gasteiger partial charge in [-0.2, -0.15) is 0 Å². The van der Waals surface area contributed by atoms with Crippen molar-refractivity contribution < 1.29 is 19.0 Å². The molecule has 1 aromatic carbocycles. The fourth-order valence-corrected chi connectivity index (χ4v) is 5.58. The Hall–Kier alpha value is -1.12. The van der Waals surface area contributed by atoms with Gasteiger partial charge in [-0.05, 0) is 74.7 Å². The maximum atomic E-state index is 11.6. The van der Waals surface area contributed by atoms with Crippen molar-refractivity contribution in [1.82, 2.24) is 10.0 Å². The lowest BCUT2D eigenvalue weighted by Gasteiger charge is -2.35. The van der Waals surface area contributed by atoms with E-state index in [-0.39, 0.29) is 12.2 Å². The Balaban J connectivity index is 1.85. The summed E-state index contributed by atoms with van der Waals surface area (Å²) in [5.41, 5.74) is 3.39. The number of piperidine rings is 1. The zero-order valence-corrected chi connectivity index (χ0v) is 19.3. The molecular formula is C23H40N2O4S. The number of hydrogen-bond acceptors (Lipinski definition) is 5. The highest BCUT2D eigenvalue weighted by molar-refractivity contribution is 8.22. The average Bonchev–Trinajstić information content (AvgIpc) is 2.71. The summed E-state index contributed by atoms with van der Waals surface area (Å²) in [6, 6.07) is 5.10. The molecule has 5 N–H and O–H groups in total. The molecule has 7 heteroatoms. The number of carboxylic acids is 1. The van der Waals surface area contributed by atoms with Crippen LogP contribution in [0.25, 0.3) is 0 Å². The van der Waals surface area contributed by atoms with E-state index >= 15 is 0 Å². The van der Waals surface area contributed by atoms with E-state index in [4.69, 9.17) is 0 Å². The molecule has 1 atom stereocenters. The smallest absolute Gasteiger partial charge is 0.322 e. The summed E-state index contributed by atoms with van der Waals surface area (Å²) in [5.74, 6) is -0.00582. The van der Waals surface area contributed by atoms with Crippen molar-refractivity contribution in [1.29, 1.82) is 0 Å². The summed E-state index contributed by atoms with van der Waals surface area (Å²) >= 11 is 0. The van der Waals surface area contributed by atoms with Gasteiger partial charge in [0.15, 0.2) is 0 Å². The van der Waals surface area contributed by atoms with Crippen LogP contribution in [0.1, 0.15) is 68.6 Å². The van der Waals surface area contributed by atoms with E-state index in [9.17, 15) is 19.0 Å². The summed E-state index contributed by atoms with van der Waals surface area (Å²) in [5, 5.41) is 12.9. The fourth-order valence-electron chi connectivity index (χ4n) is 4.13. The van der Waals surface area contributed by atoms with Gasteiger partial charge in [-0.25, -0.2) is 4.72 Å². The number of hydrogen-bond donors (Lipinski definition) is 5. The maximum Gasteiger partial charge on any atom is 0.322 e. The van der Waals surface area contributed by atoms with Crippen LogP contribution in [-0.2, 0) is 17.6 Å². The second kappa shape index (κ2) is 12.7. The van der Waals surface area contributed by atoms with Gasteiger partial charge in [0.1, 0.15) is 6.04 Å². The van der Waals surface area contributed by atoms with Crippen molar-refractivity contribution in [2.45, 2.75) is 77.7 Å². The SMILES string of the molecule is CCCCS(O)(O)N[C@@H](Cc1ccc(CCCCC2CCNCC2)c(C)c1)C(=O)O. The van der Waals surface area contributed by atoms with Crippen molar-refractivity contribution in [3.63, 3.8) is 0 Å². The molecule has 0 spiro atoms. The summed E-state index contributed by atoms with van der Waals surface area (Å²) in [6.07, 6.45) is 9.11. The Morgan fingerprint density at radius 2 is 1.97 bits per heavy atom. The van der Waals surface area contributed by atoms with Gasteiger partial charge in [0.2, 0.25) is 0 Å². The highest BCUT2D eigenvalue weighted by Crippen LogP contribution is 2.35. The van der Waals surface area contributed by atoms with E-state index in [2.05, 4.69) is 23.0 Å². The Morgan fingerprint density at radius 3 is 2.60 bits per heavy atom. The van der Waals surface area contributed by atoms with Crippen LogP contribution >= 0.6 is 10.8 Å².